The monoisotopic (exact) mass is 414 g/mol. The van der Waals surface area contributed by atoms with E-state index in [0.717, 1.165) is 54.9 Å². The van der Waals surface area contributed by atoms with Crippen molar-refractivity contribution >= 4 is 46.3 Å². The third-order valence-electron chi connectivity index (χ3n) is 4.67. The van der Waals surface area contributed by atoms with E-state index in [-0.39, 0.29) is 17.7 Å². The predicted molar refractivity (Wildman–Crippen MR) is 112 cm³/mol. The Morgan fingerprint density at radius 2 is 1.82 bits per heavy atom. The number of imide groups is 1. The van der Waals surface area contributed by atoms with Crippen LogP contribution in [-0.2, 0) is 16.1 Å². The largest absolute Gasteiger partial charge is 0.378 e. The van der Waals surface area contributed by atoms with E-state index < -0.39 is 0 Å². The predicted octanol–water partition coefficient (Wildman–Crippen LogP) is 4.41. The molecule has 0 N–H and O–H groups in total. The fraction of sp³-hybridized carbons (Fsp3) is 0.238. The summed E-state index contributed by atoms with van der Waals surface area (Å²) in [6, 6.07) is 15.2. The van der Waals surface area contributed by atoms with E-state index in [2.05, 4.69) is 4.90 Å². The first-order chi connectivity index (χ1) is 13.6. The van der Waals surface area contributed by atoms with Crippen LogP contribution >= 0.6 is 23.4 Å². The van der Waals surface area contributed by atoms with Crippen LogP contribution in [0, 0.1) is 0 Å². The van der Waals surface area contributed by atoms with Crippen LogP contribution in [0.25, 0.3) is 6.08 Å². The molecule has 0 radical (unpaired) electrons. The second-order valence-corrected chi connectivity index (χ2v) is 8.02. The minimum Gasteiger partial charge on any atom is -0.378 e. The van der Waals surface area contributed by atoms with Crippen molar-refractivity contribution in [3.05, 3.63) is 69.6 Å². The summed E-state index contributed by atoms with van der Waals surface area (Å²) < 4.78 is 5.38. The van der Waals surface area contributed by atoms with Crippen molar-refractivity contribution in [1.29, 1.82) is 0 Å². The maximum Gasteiger partial charge on any atom is 0.293 e. The molecule has 2 aliphatic rings. The molecule has 5 nitrogen and oxygen atoms in total. The topological polar surface area (TPSA) is 49.9 Å². The highest BCUT2D eigenvalue weighted by atomic mass is 35.5. The number of hydrogen-bond donors (Lipinski definition) is 0. The summed E-state index contributed by atoms with van der Waals surface area (Å²) in [5.74, 6) is -0.271. The van der Waals surface area contributed by atoms with E-state index >= 15 is 0 Å². The summed E-state index contributed by atoms with van der Waals surface area (Å²) in [7, 11) is 0. The zero-order valence-electron chi connectivity index (χ0n) is 15.1. The van der Waals surface area contributed by atoms with Gasteiger partial charge < -0.3 is 9.64 Å². The lowest BCUT2D eigenvalue weighted by Gasteiger charge is -2.28. The fourth-order valence-electron chi connectivity index (χ4n) is 3.21. The Morgan fingerprint density at radius 3 is 2.54 bits per heavy atom. The van der Waals surface area contributed by atoms with Gasteiger partial charge in [0.1, 0.15) is 0 Å². The van der Waals surface area contributed by atoms with Gasteiger partial charge in [0.2, 0.25) is 0 Å². The van der Waals surface area contributed by atoms with Crippen molar-refractivity contribution in [3.8, 4) is 0 Å². The Kier molecular flexibility index (Phi) is 5.71. The molecule has 2 aromatic rings. The number of carbonyl (C=O) groups is 2. The molecule has 0 atom stereocenters. The minimum absolute atomic E-state index is 0.221. The summed E-state index contributed by atoms with van der Waals surface area (Å²) in [5, 5.41) is 0.321. The van der Waals surface area contributed by atoms with Crippen LogP contribution in [0.4, 0.5) is 10.5 Å². The first-order valence-corrected chi connectivity index (χ1v) is 10.2. The van der Waals surface area contributed by atoms with Crippen LogP contribution in [0.3, 0.4) is 0 Å². The van der Waals surface area contributed by atoms with Crippen LogP contribution in [0.15, 0.2) is 53.4 Å². The average Bonchev–Trinajstić information content (AvgIpc) is 2.97. The zero-order chi connectivity index (χ0) is 19.5. The van der Waals surface area contributed by atoms with Gasteiger partial charge in [0.05, 0.1) is 24.7 Å². The molecule has 2 aromatic carbocycles. The molecule has 2 heterocycles. The third kappa shape index (κ3) is 4.24. The summed E-state index contributed by atoms with van der Waals surface area (Å²) in [4.78, 5) is 29.0. The molecule has 0 saturated carbocycles. The molecule has 0 bridgehead atoms. The molecule has 2 amide bonds. The maximum atomic E-state index is 12.7. The average molecular weight is 415 g/mol. The Bertz CT molecular complexity index is 924. The molecule has 144 valence electrons. The standard InChI is InChI=1S/C21H19ClN2O3S/c22-17-3-1-2-16(12-17)14-24-20(25)19(28-21(24)26)13-15-4-6-18(7-5-15)23-8-10-27-11-9-23/h1-7,12-13H,8-11,14H2/b19-13-. The van der Waals surface area contributed by atoms with Crippen LogP contribution < -0.4 is 4.90 Å². The lowest BCUT2D eigenvalue weighted by Crippen LogP contribution is -2.36. The molecule has 7 heteroatoms. The van der Waals surface area contributed by atoms with Gasteiger partial charge in [-0.25, -0.2) is 0 Å². The summed E-state index contributed by atoms with van der Waals surface area (Å²) in [6.45, 7) is 3.45. The van der Waals surface area contributed by atoms with Gasteiger partial charge in [-0.15, -0.1) is 0 Å². The molecular formula is C21H19ClN2O3S. The Morgan fingerprint density at radius 1 is 1.07 bits per heavy atom. The normalized spacial score (nSPS) is 19.0. The fourth-order valence-corrected chi connectivity index (χ4v) is 4.26. The number of thioether (sulfide) groups is 1. The Balaban J connectivity index is 1.47. The van der Waals surface area contributed by atoms with Crippen LogP contribution in [0.1, 0.15) is 11.1 Å². The van der Waals surface area contributed by atoms with Crippen molar-refractivity contribution in [1.82, 2.24) is 4.90 Å². The summed E-state index contributed by atoms with van der Waals surface area (Å²) in [6.07, 6.45) is 1.77. The van der Waals surface area contributed by atoms with Gasteiger partial charge in [0.25, 0.3) is 11.1 Å². The molecular weight excluding hydrogens is 396 g/mol. The van der Waals surface area contributed by atoms with Gasteiger partial charge in [-0.1, -0.05) is 35.9 Å². The first kappa shape index (κ1) is 19.1. The van der Waals surface area contributed by atoms with E-state index in [0.29, 0.717) is 9.93 Å². The molecule has 4 rings (SSSR count). The SMILES string of the molecule is O=C1S/C(=C\c2ccc(N3CCOCC3)cc2)C(=O)N1Cc1cccc(Cl)c1. The quantitative estimate of drug-likeness (QED) is 0.693. The van der Waals surface area contributed by atoms with Gasteiger partial charge in [-0.2, -0.15) is 0 Å². The first-order valence-electron chi connectivity index (χ1n) is 9.03. The van der Waals surface area contributed by atoms with Crippen molar-refractivity contribution in [2.75, 3.05) is 31.2 Å². The summed E-state index contributed by atoms with van der Waals surface area (Å²) >= 11 is 6.96. The van der Waals surface area contributed by atoms with Gasteiger partial charge in [-0.05, 0) is 53.2 Å². The number of rotatable bonds is 4. The number of morpholine rings is 1. The van der Waals surface area contributed by atoms with Crippen molar-refractivity contribution in [2.45, 2.75) is 6.54 Å². The Hall–Kier alpha value is -2.28. The van der Waals surface area contributed by atoms with Crippen LogP contribution in [-0.4, -0.2) is 42.3 Å². The molecule has 0 spiro atoms. The highest BCUT2D eigenvalue weighted by Crippen LogP contribution is 2.33. The highest BCUT2D eigenvalue weighted by molar-refractivity contribution is 8.18. The molecule has 2 aliphatic heterocycles. The van der Waals surface area contributed by atoms with Crippen LogP contribution in [0.5, 0.6) is 0 Å². The minimum atomic E-state index is -0.271. The van der Waals surface area contributed by atoms with Gasteiger partial charge in [0, 0.05) is 23.8 Å². The number of ether oxygens (including phenoxy) is 1. The van der Waals surface area contributed by atoms with Gasteiger partial charge in [0.15, 0.2) is 0 Å². The maximum absolute atomic E-state index is 12.7. The van der Waals surface area contributed by atoms with E-state index in [9.17, 15) is 9.59 Å². The van der Waals surface area contributed by atoms with Crippen molar-refractivity contribution in [3.63, 3.8) is 0 Å². The van der Waals surface area contributed by atoms with Gasteiger partial charge >= 0.3 is 0 Å². The smallest absolute Gasteiger partial charge is 0.293 e. The molecule has 0 aromatic heterocycles. The molecule has 2 saturated heterocycles. The van der Waals surface area contributed by atoms with E-state index in [1.165, 1.54) is 4.90 Å². The molecule has 28 heavy (non-hydrogen) atoms. The number of amides is 2. The number of carbonyl (C=O) groups excluding carboxylic acids is 2. The third-order valence-corrected chi connectivity index (χ3v) is 5.81. The van der Waals surface area contributed by atoms with E-state index in [1.807, 2.05) is 36.4 Å². The second-order valence-electron chi connectivity index (χ2n) is 6.59. The highest BCUT2D eigenvalue weighted by Gasteiger charge is 2.35. The number of benzene rings is 2. The Labute approximate surface area is 172 Å². The number of halogens is 1. The molecule has 0 aliphatic carbocycles. The van der Waals surface area contributed by atoms with E-state index in [1.54, 1.807) is 18.2 Å². The summed E-state index contributed by atoms with van der Waals surface area (Å²) in [5.41, 5.74) is 2.85. The van der Waals surface area contributed by atoms with Crippen molar-refractivity contribution < 1.29 is 14.3 Å². The lowest BCUT2D eigenvalue weighted by molar-refractivity contribution is -0.123. The van der Waals surface area contributed by atoms with Crippen molar-refractivity contribution in [2.24, 2.45) is 0 Å². The number of nitrogens with zero attached hydrogens (tertiary/aromatic N) is 2. The number of hydrogen-bond acceptors (Lipinski definition) is 5. The van der Waals surface area contributed by atoms with E-state index in [4.69, 9.17) is 16.3 Å². The van der Waals surface area contributed by atoms with Gasteiger partial charge in [-0.3, -0.25) is 14.5 Å². The van der Waals surface area contributed by atoms with Crippen LogP contribution in [0.2, 0.25) is 5.02 Å². The molecule has 0 unspecified atom stereocenters. The number of anilines is 1. The second kappa shape index (κ2) is 8.39. The molecule has 2 fully saturated rings. The lowest BCUT2D eigenvalue weighted by atomic mass is 10.1. The zero-order valence-corrected chi connectivity index (χ0v) is 16.7.